The summed E-state index contributed by atoms with van der Waals surface area (Å²) in [4.78, 5) is 10.9. The number of hydrogen-bond acceptors (Lipinski definition) is 4. The molecule has 4 nitrogen and oxygen atoms in total. The number of piperazine rings is 1. The third-order valence-corrected chi connectivity index (χ3v) is 3.41. The van der Waals surface area contributed by atoms with Gasteiger partial charge in [-0.3, -0.25) is 0 Å². The highest BCUT2D eigenvalue weighted by Gasteiger charge is 2.37. The Labute approximate surface area is 106 Å². The standard InChI is InChI=1S/C10H13ClN4.ClH/c11-7-3-13-10(14-4-7)15-8-1-2-9(15)6-12-5-8;/h3-4,8-9,12H,1-2,5-6H2;1H. The first-order valence-electron chi connectivity index (χ1n) is 5.31. The van der Waals surface area contributed by atoms with Crippen molar-refractivity contribution >= 4 is 30.0 Å². The summed E-state index contributed by atoms with van der Waals surface area (Å²) in [5, 5.41) is 4.03. The number of hydrogen-bond donors (Lipinski definition) is 1. The van der Waals surface area contributed by atoms with E-state index in [2.05, 4.69) is 20.2 Å². The molecule has 1 aromatic rings. The molecule has 2 unspecified atom stereocenters. The molecule has 2 saturated heterocycles. The van der Waals surface area contributed by atoms with Gasteiger partial charge < -0.3 is 10.2 Å². The first-order valence-corrected chi connectivity index (χ1v) is 5.69. The summed E-state index contributed by atoms with van der Waals surface area (Å²) in [5.74, 6) is 0.827. The quantitative estimate of drug-likeness (QED) is 0.831. The Bertz CT molecular complexity index is 340. The molecule has 3 heterocycles. The van der Waals surface area contributed by atoms with Crippen LogP contribution in [0.1, 0.15) is 12.8 Å². The molecule has 6 heteroatoms. The van der Waals surface area contributed by atoms with Crippen molar-refractivity contribution in [1.82, 2.24) is 15.3 Å². The lowest BCUT2D eigenvalue weighted by atomic mass is 10.2. The zero-order valence-corrected chi connectivity index (χ0v) is 10.3. The first-order chi connectivity index (χ1) is 7.34. The van der Waals surface area contributed by atoms with Gasteiger partial charge >= 0.3 is 0 Å². The van der Waals surface area contributed by atoms with Crippen molar-refractivity contribution in [2.24, 2.45) is 0 Å². The lowest BCUT2D eigenvalue weighted by Crippen LogP contribution is -2.52. The van der Waals surface area contributed by atoms with Crippen LogP contribution in [0.15, 0.2) is 12.4 Å². The second-order valence-electron chi connectivity index (χ2n) is 4.15. The fourth-order valence-corrected chi connectivity index (χ4v) is 2.64. The highest BCUT2D eigenvalue weighted by molar-refractivity contribution is 6.30. The number of nitrogens with zero attached hydrogens (tertiary/aromatic N) is 3. The number of fused-ring (bicyclic) bond motifs is 2. The van der Waals surface area contributed by atoms with Crippen molar-refractivity contribution in [3.8, 4) is 0 Å². The third kappa shape index (κ3) is 1.97. The van der Waals surface area contributed by atoms with Crippen molar-refractivity contribution in [2.45, 2.75) is 24.9 Å². The Hall–Kier alpha value is -0.580. The molecule has 2 aliphatic rings. The van der Waals surface area contributed by atoms with Crippen LogP contribution in [-0.2, 0) is 0 Å². The lowest BCUT2D eigenvalue weighted by molar-refractivity contribution is 0.477. The van der Waals surface area contributed by atoms with E-state index < -0.39 is 0 Å². The molecule has 0 saturated carbocycles. The van der Waals surface area contributed by atoms with Gasteiger partial charge in [0.2, 0.25) is 5.95 Å². The molecule has 1 N–H and O–H groups in total. The van der Waals surface area contributed by atoms with Gasteiger partial charge in [-0.15, -0.1) is 12.4 Å². The minimum Gasteiger partial charge on any atom is -0.332 e. The molecule has 2 bridgehead atoms. The fourth-order valence-electron chi connectivity index (χ4n) is 2.54. The van der Waals surface area contributed by atoms with Gasteiger partial charge in [0.15, 0.2) is 0 Å². The van der Waals surface area contributed by atoms with Crippen LogP contribution in [0, 0.1) is 0 Å². The molecular weight excluding hydrogens is 247 g/mol. The predicted octanol–water partition coefficient (Wildman–Crippen LogP) is 1.49. The molecule has 0 radical (unpaired) electrons. The Morgan fingerprint density at radius 3 is 2.31 bits per heavy atom. The van der Waals surface area contributed by atoms with E-state index in [4.69, 9.17) is 11.6 Å². The monoisotopic (exact) mass is 260 g/mol. The Kier molecular flexibility index (Phi) is 3.52. The van der Waals surface area contributed by atoms with Crippen LogP contribution in [0.25, 0.3) is 0 Å². The normalized spacial score (nSPS) is 27.7. The van der Waals surface area contributed by atoms with Crippen molar-refractivity contribution in [3.63, 3.8) is 0 Å². The largest absolute Gasteiger partial charge is 0.332 e. The topological polar surface area (TPSA) is 41.1 Å². The van der Waals surface area contributed by atoms with Crippen LogP contribution in [0.5, 0.6) is 0 Å². The number of anilines is 1. The maximum absolute atomic E-state index is 5.78. The van der Waals surface area contributed by atoms with Crippen molar-refractivity contribution in [2.75, 3.05) is 18.0 Å². The maximum atomic E-state index is 5.78. The molecule has 2 fully saturated rings. The summed E-state index contributed by atoms with van der Waals surface area (Å²) in [7, 11) is 0. The van der Waals surface area contributed by atoms with Gasteiger partial charge in [0.05, 0.1) is 17.4 Å². The van der Waals surface area contributed by atoms with E-state index in [-0.39, 0.29) is 12.4 Å². The lowest BCUT2D eigenvalue weighted by Gasteiger charge is -2.35. The molecule has 0 aromatic carbocycles. The van der Waals surface area contributed by atoms with Crippen LogP contribution in [0.2, 0.25) is 5.02 Å². The Morgan fingerprint density at radius 2 is 1.75 bits per heavy atom. The minimum atomic E-state index is 0. The van der Waals surface area contributed by atoms with Crippen molar-refractivity contribution in [3.05, 3.63) is 17.4 Å². The highest BCUT2D eigenvalue weighted by atomic mass is 35.5. The molecule has 16 heavy (non-hydrogen) atoms. The van der Waals surface area contributed by atoms with Gasteiger partial charge in [-0.05, 0) is 12.8 Å². The fraction of sp³-hybridized carbons (Fsp3) is 0.600. The smallest absolute Gasteiger partial charge is 0.225 e. The van der Waals surface area contributed by atoms with E-state index in [1.54, 1.807) is 12.4 Å². The van der Waals surface area contributed by atoms with Crippen LogP contribution >= 0.6 is 24.0 Å². The van der Waals surface area contributed by atoms with E-state index >= 15 is 0 Å². The molecule has 88 valence electrons. The van der Waals surface area contributed by atoms with E-state index in [9.17, 15) is 0 Å². The number of aromatic nitrogens is 2. The zero-order chi connectivity index (χ0) is 10.3. The summed E-state index contributed by atoms with van der Waals surface area (Å²) >= 11 is 5.78. The molecule has 3 rings (SSSR count). The average Bonchev–Trinajstić information content (AvgIpc) is 2.51. The Morgan fingerprint density at radius 1 is 1.19 bits per heavy atom. The number of nitrogens with one attached hydrogen (secondary N) is 1. The van der Waals surface area contributed by atoms with E-state index in [1.807, 2.05) is 0 Å². The minimum absolute atomic E-state index is 0. The van der Waals surface area contributed by atoms with Crippen LogP contribution in [0.3, 0.4) is 0 Å². The number of rotatable bonds is 1. The highest BCUT2D eigenvalue weighted by Crippen LogP contribution is 2.29. The zero-order valence-electron chi connectivity index (χ0n) is 8.77. The maximum Gasteiger partial charge on any atom is 0.225 e. The summed E-state index contributed by atoms with van der Waals surface area (Å²) in [6.45, 7) is 2.09. The van der Waals surface area contributed by atoms with E-state index in [1.165, 1.54) is 12.8 Å². The molecule has 2 atom stereocenters. The molecular formula is C10H14Cl2N4. The third-order valence-electron chi connectivity index (χ3n) is 3.22. The molecule has 2 aliphatic heterocycles. The van der Waals surface area contributed by atoms with Crippen LogP contribution in [-0.4, -0.2) is 35.1 Å². The molecule has 0 spiro atoms. The molecule has 0 aliphatic carbocycles. The second kappa shape index (κ2) is 4.73. The van der Waals surface area contributed by atoms with Gasteiger partial charge in [0.25, 0.3) is 0 Å². The average molecular weight is 261 g/mol. The van der Waals surface area contributed by atoms with Crippen molar-refractivity contribution < 1.29 is 0 Å². The van der Waals surface area contributed by atoms with Gasteiger partial charge in [0.1, 0.15) is 0 Å². The van der Waals surface area contributed by atoms with Gasteiger partial charge in [-0.25, -0.2) is 9.97 Å². The second-order valence-corrected chi connectivity index (χ2v) is 4.59. The van der Waals surface area contributed by atoms with E-state index in [0.717, 1.165) is 19.0 Å². The first kappa shape index (κ1) is 11.9. The van der Waals surface area contributed by atoms with Gasteiger partial charge in [-0.1, -0.05) is 11.6 Å². The Balaban J connectivity index is 0.000000963. The van der Waals surface area contributed by atoms with Crippen molar-refractivity contribution in [1.29, 1.82) is 0 Å². The summed E-state index contributed by atoms with van der Waals surface area (Å²) in [5.41, 5.74) is 0. The summed E-state index contributed by atoms with van der Waals surface area (Å²) in [6.07, 6.45) is 5.82. The summed E-state index contributed by atoms with van der Waals surface area (Å²) < 4.78 is 0. The number of halogens is 2. The molecule has 0 amide bonds. The van der Waals surface area contributed by atoms with Gasteiger partial charge in [0, 0.05) is 25.2 Å². The van der Waals surface area contributed by atoms with Gasteiger partial charge in [-0.2, -0.15) is 0 Å². The summed E-state index contributed by atoms with van der Waals surface area (Å²) in [6, 6.07) is 1.12. The predicted molar refractivity (Wildman–Crippen MR) is 66.4 cm³/mol. The molecule has 1 aromatic heterocycles. The van der Waals surface area contributed by atoms with E-state index in [0.29, 0.717) is 17.1 Å². The van der Waals surface area contributed by atoms with Crippen LogP contribution < -0.4 is 10.2 Å². The SMILES string of the molecule is Cl.Clc1cnc(N2C3CCC2CNC3)nc1. The van der Waals surface area contributed by atoms with Crippen LogP contribution in [0.4, 0.5) is 5.95 Å².